The predicted molar refractivity (Wildman–Crippen MR) is 80.7 cm³/mol. The Morgan fingerprint density at radius 1 is 1.15 bits per heavy atom. The van der Waals surface area contributed by atoms with Crippen molar-refractivity contribution in [1.29, 1.82) is 0 Å². The van der Waals surface area contributed by atoms with Gasteiger partial charge >= 0.3 is 0 Å². The Hall–Kier alpha value is -1.62. The topological polar surface area (TPSA) is 47.7 Å². The molecule has 5 nitrogen and oxygen atoms in total. The third-order valence-corrected chi connectivity index (χ3v) is 3.92. The van der Waals surface area contributed by atoms with Gasteiger partial charge < -0.3 is 14.5 Å². The molecule has 0 aliphatic carbocycles. The van der Waals surface area contributed by atoms with Gasteiger partial charge in [-0.25, -0.2) is 9.97 Å². The van der Waals surface area contributed by atoms with Gasteiger partial charge in [-0.2, -0.15) is 0 Å². The zero-order valence-electron chi connectivity index (χ0n) is 12.9. The van der Waals surface area contributed by atoms with Crippen LogP contribution in [0.1, 0.15) is 30.6 Å². The van der Waals surface area contributed by atoms with Gasteiger partial charge in [0.25, 0.3) is 0 Å². The third-order valence-electron chi connectivity index (χ3n) is 3.92. The minimum atomic E-state index is 0.502. The van der Waals surface area contributed by atoms with Crippen molar-refractivity contribution < 1.29 is 0 Å². The summed E-state index contributed by atoms with van der Waals surface area (Å²) in [5, 5.41) is 3.57. The maximum Gasteiger partial charge on any atom is 0.105 e. The largest absolute Gasteiger partial charge is 0.335 e. The highest BCUT2D eigenvalue weighted by Crippen LogP contribution is 2.04. The van der Waals surface area contributed by atoms with Crippen molar-refractivity contribution in [3.63, 3.8) is 0 Å². The lowest BCUT2D eigenvalue weighted by Gasteiger charge is -2.15. The van der Waals surface area contributed by atoms with E-state index in [1.54, 1.807) is 0 Å². The molecular weight excluding hydrogens is 250 g/mol. The molecule has 0 aliphatic rings. The molecule has 0 amide bonds. The number of aromatic nitrogens is 4. The molecule has 0 bridgehead atoms. The fraction of sp³-hybridized carbons (Fsp3) is 0.600. The lowest BCUT2D eigenvalue weighted by atomic mass is 10.2. The molecule has 0 aliphatic heterocycles. The monoisotopic (exact) mass is 275 g/mol. The standard InChI is InChI=1S/C15H25N5/c1-12(5-8-19-9-7-17-15(19)4)16-6-10-20-11-18-13(2)14(20)3/h7,9,11-12,16H,5-6,8,10H2,1-4H3. The number of hydrogen-bond donors (Lipinski definition) is 1. The summed E-state index contributed by atoms with van der Waals surface area (Å²) in [5.74, 6) is 1.08. The van der Waals surface area contributed by atoms with E-state index in [1.807, 2.05) is 25.6 Å². The molecular formula is C15H25N5. The van der Waals surface area contributed by atoms with Gasteiger partial charge in [0.1, 0.15) is 5.82 Å². The fourth-order valence-electron chi connectivity index (χ4n) is 2.28. The van der Waals surface area contributed by atoms with E-state index in [1.165, 1.54) is 5.69 Å². The number of rotatable bonds is 7. The summed E-state index contributed by atoms with van der Waals surface area (Å²) >= 11 is 0. The van der Waals surface area contributed by atoms with E-state index in [2.05, 4.69) is 45.2 Å². The Morgan fingerprint density at radius 2 is 1.95 bits per heavy atom. The molecule has 2 aromatic rings. The van der Waals surface area contributed by atoms with Gasteiger partial charge in [-0.3, -0.25) is 0 Å². The number of nitrogens with one attached hydrogen (secondary N) is 1. The summed E-state index contributed by atoms with van der Waals surface area (Å²) in [4.78, 5) is 8.56. The van der Waals surface area contributed by atoms with Gasteiger partial charge in [0.2, 0.25) is 0 Å². The number of nitrogens with zero attached hydrogens (tertiary/aromatic N) is 4. The summed E-state index contributed by atoms with van der Waals surface area (Å²) in [6.45, 7) is 11.4. The van der Waals surface area contributed by atoms with Crippen LogP contribution in [0.25, 0.3) is 0 Å². The number of hydrogen-bond acceptors (Lipinski definition) is 3. The first-order valence-corrected chi connectivity index (χ1v) is 7.27. The van der Waals surface area contributed by atoms with Gasteiger partial charge in [-0.1, -0.05) is 0 Å². The van der Waals surface area contributed by atoms with Crippen LogP contribution in [0.4, 0.5) is 0 Å². The van der Waals surface area contributed by atoms with Gasteiger partial charge in [-0.05, 0) is 34.1 Å². The lowest BCUT2D eigenvalue weighted by Crippen LogP contribution is -2.30. The predicted octanol–water partition coefficient (Wildman–Crippen LogP) is 2.07. The van der Waals surface area contributed by atoms with E-state index < -0.39 is 0 Å². The van der Waals surface area contributed by atoms with E-state index in [0.717, 1.165) is 37.6 Å². The highest BCUT2D eigenvalue weighted by molar-refractivity contribution is 5.08. The molecule has 1 N–H and O–H groups in total. The van der Waals surface area contributed by atoms with E-state index in [4.69, 9.17) is 0 Å². The molecule has 20 heavy (non-hydrogen) atoms. The molecule has 0 fully saturated rings. The number of aryl methyl sites for hydroxylation is 3. The van der Waals surface area contributed by atoms with Crippen LogP contribution in [0, 0.1) is 20.8 Å². The van der Waals surface area contributed by atoms with Crippen molar-refractivity contribution in [2.45, 2.75) is 53.2 Å². The zero-order valence-corrected chi connectivity index (χ0v) is 12.9. The summed E-state index contributed by atoms with van der Waals surface area (Å²) in [6, 6.07) is 0.502. The fourth-order valence-corrected chi connectivity index (χ4v) is 2.28. The van der Waals surface area contributed by atoms with Crippen LogP contribution < -0.4 is 5.32 Å². The summed E-state index contributed by atoms with van der Waals surface area (Å²) in [5.41, 5.74) is 2.38. The van der Waals surface area contributed by atoms with Crippen molar-refractivity contribution in [3.8, 4) is 0 Å². The lowest BCUT2D eigenvalue weighted by molar-refractivity contribution is 0.457. The summed E-state index contributed by atoms with van der Waals surface area (Å²) in [7, 11) is 0. The average molecular weight is 275 g/mol. The Labute approximate surface area is 121 Å². The van der Waals surface area contributed by atoms with Crippen molar-refractivity contribution in [2.75, 3.05) is 6.54 Å². The molecule has 5 heteroatoms. The quantitative estimate of drug-likeness (QED) is 0.841. The molecule has 2 heterocycles. The summed E-state index contributed by atoms with van der Waals surface area (Å²) < 4.78 is 4.40. The molecule has 0 spiro atoms. The Bertz CT molecular complexity index is 540. The zero-order chi connectivity index (χ0) is 14.5. The van der Waals surface area contributed by atoms with Crippen molar-refractivity contribution in [1.82, 2.24) is 24.4 Å². The van der Waals surface area contributed by atoms with E-state index in [9.17, 15) is 0 Å². The maximum absolute atomic E-state index is 4.32. The van der Waals surface area contributed by atoms with E-state index in [0.29, 0.717) is 6.04 Å². The second-order valence-corrected chi connectivity index (χ2v) is 5.42. The highest BCUT2D eigenvalue weighted by atomic mass is 15.1. The van der Waals surface area contributed by atoms with Gasteiger partial charge in [-0.15, -0.1) is 0 Å². The van der Waals surface area contributed by atoms with E-state index >= 15 is 0 Å². The van der Waals surface area contributed by atoms with Gasteiger partial charge in [0.05, 0.1) is 12.0 Å². The van der Waals surface area contributed by atoms with Gasteiger partial charge in [0.15, 0.2) is 0 Å². The van der Waals surface area contributed by atoms with Crippen LogP contribution in [0.3, 0.4) is 0 Å². The first kappa shape index (κ1) is 14.8. The summed E-state index contributed by atoms with van der Waals surface area (Å²) in [6.07, 6.45) is 6.93. The van der Waals surface area contributed by atoms with Crippen LogP contribution in [0.15, 0.2) is 18.7 Å². The molecule has 0 saturated carbocycles. The first-order chi connectivity index (χ1) is 9.58. The van der Waals surface area contributed by atoms with Crippen molar-refractivity contribution in [2.24, 2.45) is 0 Å². The normalized spacial score (nSPS) is 12.8. The second kappa shape index (κ2) is 6.70. The van der Waals surface area contributed by atoms with Gasteiger partial charge in [0, 0.05) is 43.8 Å². The molecule has 0 radical (unpaired) electrons. The average Bonchev–Trinajstić information content (AvgIpc) is 2.97. The van der Waals surface area contributed by atoms with Crippen LogP contribution in [-0.4, -0.2) is 31.7 Å². The van der Waals surface area contributed by atoms with Crippen LogP contribution in [0.5, 0.6) is 0 Å². The minimum Gasteiger partial charge on any atom is -0.335 e. The molecule has 2 aromatic heterocycles. The maximum atomic E-state index is 4.32. The molecule has 0 aromatic carbocycles. The van der Waals surface area contributed by atoms with Crippen LogP contribution >= 0.6 is 0 Å². The Kier molecular flexibility index (Phi) is 4.95. The SMILES string of the molecule is Cc1ncn(CCNC(C)CCn2ccnc2C)c1C. The molecule has 0 saturated heterocycles. The third kappa shape index (κ3) is 3.70. The van der Waals surface area contributed by atoms with Crippen molar-refractivity contribution >= 4 is 0 Å². The van der Waals surface area contributed by atoms with Crippen LogP contribution in [-0.2, 0) is 13.1 Å². The minimum absolute atomic E-state index is 0.502. The first-order valence-electron chi connectivity index (χ1n) is 7.27. The van der Waals surface area contributed by atoms with Crippen LogP contribution in [0.2, 0.25) is 0 Å². The Morgan fingerprint density at radius 3 is 2.55 bits per heavy atom. The highest BCUT2D eigenvalue weighted by Gasteiger charge is 2.05. The second-order valence-electron chi connectivity index (χ2n) is 5.42. The number of imidazole rings is 2. The smallest absolute Gasteiger partial charge is 0.105 e. The Balaban J connectivity index is 1.69. The van der Waals surface area contributed by atoms with Crippen molar-refractivity contribution in [3.05, 3.63) is 35.9 Å². The molecule has 1 unspecified atom stereocenters. The molecule has 110 valence electrons. The molecule has 1 atom stereocenters. The van der Waals surface area contributed by atoms with E-state index in [-0.39, 0.29) is 0 Å². The molecule has 2 rings (SSSR count).